The second kappa shape index (κ2) is 13.7. The van der Waals surface area contributed by atoms with E-state index < -0.39 is 0 Å². The average molecular weight is 725 g/mol. The van der Waals surface area contributed by atoms with Crippen molar-refractivity contribution in [1.82, 2.24) is 0 Å². The van der Waals surface area contributed by atoms with E-state index >= 15 is 0 Å². The lowest BCUT2D eigenvalue weighted by atomic mass is 9.32. The van der Waals surface area contributed by atoms with Gasteiger partial charge in [0.2, 0.25) is 0 Å². The van der Waals surface area contributed by atoms with Crippen LogP contribution in [0.25, 0.3) is 44.5 Å². The Balaban J connectivity index is 1.26. The van der Waals surface area contributed by atoms with E-state index in [2.05, 4.69) is 234 Å². The van der Waals surface area contributed by atoms with E-state index in [1.165, 1.54) is 83.6 Å². The standard InChI is InChI=1S/C54H37BN2/c1-5-19-38(20-6-1)42-35-36-49-46(37-42)55-53-45(41-25-11-4-12-26-41)29-17-32-50(53)57(48-31-16-14-28-44(48)40-23-9-3-10-24-40)52-34-18-33-51(54(52)55)56(49)47-30-15-13-27-43(47)39-21-7-2-8-22-39/h1-37H. The molecule has 2 nitrogen and oxygen atoms in total. The number of para-hydroxylation sites is 2. The minimum Gasteiger partial charge on any atom is -0.311 e. The Morgan fingerprint density at radius 3 is 1.18 bits per heavy atom. The molecule has 0 fully saturated rings. The monoisotopic (exact) mass is 724 g/mol. The van der Waals surface area contributed by atoms with Gasteiger partial charge in [0, 0.05) is 33.9 Å². The van der Waals surface area contributed by atoms with Gasteiger partial charge in [0.25, 0.3) is 6.71 Å². The van der Waals surface area contributed by atoms with E-state index in [-0.39, 0.29) is 6.71 Å². The predicted octanol–water partition coefficient (Wildman–Crippen LogP) is 12.4. The number of benzene rings is 9. The van der Waals surface area contributed by atoms with Crippen LogP contribution >= 0.6 is 0 Å². The summed E-state index contributed by atoms with van der Waals surface area (Å²) in [6.45, 7) is -0.0402. The number of hydrogen-bond donors (Lipinski definition) is 0. The third-order valence-electron chi connectivity index (χ3n) is 11.7. The van der Waals surface area contributed by atoms with E-state index in [4.69, 9.17) is 0 Å². The van der Waals surface area contributed by atoms with Crippen molar-refractivity contribution in [3.63, 3.8) is 0 Å². The number of rotatable bonds is 6. The molecule has 3 heteroatoms. The first-order valence-corrected chi connectivity index (χ1v) is 19.7. The second-order valence-corrected chi connectivity index (χ2v) is 14.8. The van der Waals surface area contributed by atoms with Gasteiger partial charge in [-0.3, -0.25) is 0 Å². The Morgan fingerprint density at radius 1 is 0.246 bits per heavy atom. The first-order valence-electron chi connectivity index (χ1n) is 19.7. The van der Waals surface area contributed by atoms with E-state index in [1.54, 1.807) is 0 Å². The minimum absolute atomic E-state index is 0.0402. The number of anilines is 6. The molecule has 0 bridgehead atoms. The highest BCUT2D eigenvalue weighted by Crippen LogP contribution is 2.48. The van der Waals surface area contributed by atoms with Gasteiger partial charge in [0.1, 0.15) is 0 Å². The molecular weight excluding hydrogens is 687 g/mol. The van der Waals surface area contributed by atoms with Gasteiger partial charge in [-0.15, -0.1) is 0 Å². The normalized spacial score (nSPS) is 12.5. The molecule has 0 saturated carbocycles. The largest absolute Gasteiger partial charge is 0.311 e. The maximum absolute atomic E-state index is 2.53. The third kappa shape index (κ3) is 5.43. The molecule has 11 rings (SSSR count). The Morgan fingerprint density at radius 2 is 0.632 bits per heavy atom. The van der Waals surface area contributed by atoms with Crippen molar-refractivity contribution in [2.24, 2.45) is 0 Å². The van der Waals surface area contributed by atoms with Crippen LogP contribution in [0, 0.1) is 0 Å². The summed E-state index contributed by atoms with van der Waals surface area (Å²) in [5, 5.41) is 0. The SMILES string of the molecule is c1ccc(-c2ccc3c(c2)B2c4c(-c5ccccc5)cccc4N(c4ccccc4-c4ccccc4)c4cccc(c42)N3c2ccccc2-c2ccccc2)cc1. The molecule has 0 spiro atoms. The molecule has 0 unspecified atom stereocenters. The summed E-state index contributed by atoms with van der Waals surface area (Å²) in [5.74, 6) is 0. The van der Waals surface area contributed by atoms with Crippen LogP contribution in [0.2, 0.25) is 0 Å². The number of hydrogen-bond acceptors (Lipinski definition) is 2. The van der Waals surface area contributed by atoms with Crippen LogP contribution in [0.5, 0.6) is 0 Å². The van der Waals surface area contributed by atoms with Crippen molar-refractivity contribution < 1.29 is 0 Å². The van der Waals surface area contributed by atoms with Crippen LogP contribution in [0.3, 0.4) is 0 Å². The molecule has 0 aliphatic carbocycles. The maximum atomic E-state index is 2.53. The quantitative estimate of drug-likeness (QED) is 0.158. The fourth-order valence-electron chi connectivity index (χ4n) is 9.24. The minimum atomic E-state index is -0.0402. The molecule has 0 atom stereocenters. The maximum Gasteiger partial charge on any atom is 0.252 e. The van der Waals surface area contributed by atoms with Gasteiger partial charge in [0.05, 0.1) is 11.4 Å². The van der Waals surface area contributed by atoms with E-state index in [1.807, 2.05) is 0 Å². The highest BCUT2D eigenvalue weighted by Gasteiger charge is 2.45. The Labute approximate surface area is 334 Å². The smallest absolute Gasteiger partial charge is 0.252 e. The van der Waals surface area contributed by atoms with Crippen LogP contribution in [0.1, 0.15) is 0 Å². The first kappa shape index (κ1) is 33.0. The summed E-state index contributed by atoms with van der Waals surface area (Å²) < 4.78 is 0. The van der Waals surface area contributed by atoms with Crippen molar-refractivity contribution in [1.29, 1.82) is 0 Å². The van der Waals surface area contributed by atoms with Crippen LogP contribution < -0.4 is 26.2 Å². The molecule has 2 aliphatic rings. The highest BCUT2D eigenvalue weighted by atomic mass is 15.2. The zero-order valence-corrected chi connectivity index (χ0v) is 31.3. The summed E-state index contributed by atoms with van der Waals surface area (Å²) in [6.07, 6.45) is 0. The molecule has 9 aromatic carbocycles. The molecule has 0 radical (unpaired) electrons. The molecule has 0 N–H and O–H groups in total. The van der Waals surface area contributed by atoms with Crippen molar-refractivity contribution in [3.05, 3.63) is 224 Å². The van der Waals surface area contributed by atoms with Gasteiger partial charge in [-0.25, -0.2) is 0 Å². The topological polar surface area (TPSA) is 6.48 Å². The zero-order valence-electron chi connectivity index (χ0n) is 31.3. The molecule has 57 heavy (non-hydrogen) atoms. The Kier molecular flexibility index (Phi) is 7.96. The fourth-order valence-corrected chi connectivity index (χ4v) is 9.24. The number of fused-ring (bicyclic) bond motifs is 4. The molecule has 0 saturated heterocycles. The molecular formula is C54H37BN2. The van der Waals surface area contributed by atoms with Crippen LogP contribution in [-0.2, 0) is 0 Å². The van der Waals surface area contributed by atoms with Gasteiger partial charge in [-0.1, -0.05) is 188 Å². The zero-order chi connectivity index (χ0) is 37.7. The van der Waals surface area contributed by atoms with Crippen molar-refractivity contribution in [2.75, 3.05) is 9.80 Å². The highest BCUT2D eigenvalue weighted by molar-refractivity contribution is 7.01. The van der Waals surface area contributed by atoms with Crippen molar-refractivity contribution in [3.8, 4) is 44.5 Å². The van der Waals surface area contributed by atoms with E-state index in [0.29, 0.717) is 0 Å². The second-order valence-electron chi connectivity index (χ2n) is 14.8. The Bertz CT molecular complexity index is 2890. The first-order chi connectivity index (χ1) is 28.3. The van der Waals surface area contributed by atoms with Gasteiger partial charge in [-0.2, -0.15) is 0 Å². The van der Waals surface area contributed by atoms with Crippen LogP contribution in [-0.4, -0.2) is 6.71 Å². The lowest BCUT2D eigenvalue weighted by molar-refractivity contribution is 1.25. The van der Waals surface area contributed by atoms with Crippen molar-refractivity contribution >= 4 is 57.2 Å². The predicted molar refractivity (Wildman–Crippen MR) is 242 cm³/mol. The molecule has 0 amide bonds. The molecule has 0 aromatic heterocycles. The van der Waals surface area contributed by atoms with E-state index in [9.17, 15) is 0 Å². The summed E-state index contributed by atoms with van der Waals surface area (Å²) in [6, 6.07) is 82.0. The Hall–Kier alpha value is -7.36. The summed E-state index contributed by atoms with van der Waals surface area (Å²) >= 11 is 0. The molecule has 266 valence electrons. The summed E-state index contributed by atoms with van der Waals surface area (Å²) in [5.41, 5.74) is 20.6. The van der Waals surface area contributed by atoms with E-state index in [0.717, 1.165) is 11.4 Å². The lowest BCUT2D eigenvalue weighted by Gasteiger charge is -2.45. The molecule has 9 aromatic rings. The summed E-state index contributed by atoms with van der Waals surface area (Å²) in [4.78, 5) is 5.06. The van der Waals surface area contributed by atoms with Gasteiger partial charge in [-0.05, 0) is 86.2 Å². The number of nitrogens with zero attached hydrogens (tertiary/aromatic N) is 2. The van der Waals surface area contributed by atoms with Gasteiger partial charge in [0.15, 0.2) is 0 Å². The molecule has 2 heterocycles. The lowest BCUT2D eigenvalue weighted by Crippen LogP contribution is -2.62. The van der Waals surface area contributed by atoms with Gasteiger partial charge >= 0.3 is 0 Å². The average Bonchev–Trinajstić information content (AvgIpc) is 3.30. The van der Waals surface area contributed by atoms with Crippen molar-refractivity contribution in [2.45, 2.75) is 0 Å². The summed E-state index contributed by atoms with van der Waals surface area (Å²) in [7, 11) is 0. The van der Waals surface area contributed by atoms with Crippen LogP contribution in [0.15, 0.2) is 224 Å². The third-order valence-corrected chi connectivity index (χ3v) is 11.7. The fraction of sp³-hybridized carbons (Fsp3) is 0. The van der Waals surface area contributed by atoms with Gasteiger partial charge < -0.3 is 9.80 Å². The van der Waals surface area contributed by atoms with Crippen LogP contribution in [0.4, 0.5) is 34.1 Å². The molecule has 2 aliphatic heterocycles.